The second-order valence-electron chi connectivity index (χ2n) is 6.63. The fourth-order valence-corrected chi connectivity index (χ4v) is 4.45. The van der Waals surface area contributed by atoms with Gasteiger partial charge in [-0.25, -0.2) is 4.98 Å². The molecule has 0 spiro atoms. The molecule has 1 aromatic heterocycles. The Hall–Kier alpha value is -0.940. The van der Waals surface area contributed by atoms with Crippen LogP contribution in [0.15, 0.2) is 0 Å². The summed E-state index contributed by atoms with van der Waals surface area (Å²) in [6.07, 6.45) is 5.03. The number of carbonyl (C=O) groups is 1. The second-order valence-corrected chi connectivity index (χ2v) is 7.87. The number of carbonyl (C=O) groups excluding carboxylic acids is 1. The Morgan fingerprint density at radius 2 is 2.09 bits per heavy atom. The molecule has 4 nitrogen and oxygen atoms in total. The van der Waals surface area contributed by atoms with Crippen LogP contribution in [0.3, 0.4) is 0 Å². The summed E-state index contributed by atoms with van der Waals surface area (Å²) in [5.74, 6) is 1.29. The van der Waals surface area contributed by atoms with Gasteiger partial charge in [0.05, 0.1) is 10.7 Å². The maximum Gasteiger partial charge on any atom is 0.222 e. The summed E-state index contributed by atoms with van der Waals surface area (Å²) in [7, 11) is 0. The summed E-state index contributed by atoms with van der Waals surface area (Å²) in [6.45, 7) is 7.62. The van der Waals surface area contributed by atoms with Gasteiger partial charge in [-0.3, -0.25) is 4.79 Å². The minimum Gasteiger partial charge on any atom is -0.381 e. The third-order valence-corrected chi connectivity index (χ3v) is 6.21. The highest BCUT2D eigenvalue weighted by atomic mass is 32.1. The number of ether oxygens (including phenoxy) is 1. The molecule has 2 saturated heterocycles. The zero-order chi connectivity index (χ0) is 15.5. The molecule has 2 aliphatic heterocycles. The Labute approximate surface area is 136 Å². The highest BCUT2D eigenvalue weighted by Gasteiger charge is 2.28. The number of amides is 1. The number of hydrogen-bond acceptors (Lipinski definition) is 4. The number of piperidine rings is 1. The number of aromatic nitrogens is 1. The fraction of sp³-hybridized carbons (Fsp3) is 0.765. The normalized spacial score (nSPS) is 23.7. The molecule has 2 fully saturated rings. The Bertz CT molecular complexity index is 503. The molecule has 22 heavy (non-hydrogen) atoms. The quantitative estimate of drug-likeness (QED) is 0.857. The first-order chi connectivity index (χ1) is 10.6. The molecule has 122 valence electrons. The van der Waals surface area contributed by atoms with Gasteiger partial charge >= 0.3 is 0 Å². The Balaban J connectivity index is 1.58. The molecule has 1 aromatic rings. The molecule has 0 N–H and O–H groups in total. The molecule has 3 rings (SSSR count). The predicted molar refractivity (Wildman–Crippen MR) is 88.3 cm³/mol. The summed E-state index contributed by atoms with van der Waals surface area (Å²) in [5.41, 5.74) is 1.14. The van der Waals surface area contributed by atoms with Crippen molar-refractivity contribution in [3.8, 4) is 0 Å². The van der Waals surface area contributed by atoms with E-state index in [4.69, 9.17) is 9.72 Å². The van der Waals surface area contributed by atoms with Gasteiger partial charge in [-0.1, -0.05) is 0 Å². The molecule has 2 aliphatic rings. The number of nitrogens with zero attached hydrogens (tertiary/aromatic N) is 2. The van der Waals surface area contributed by atoms with E-state index in [2.05, 4.69) is 18.7 Å². The van der Waals surface area contributed by atoms with Gasteiger partial charge in [0.1, 0.15) is 0 Å². The Kier molecular flexibility index (Phi) is 5.14. The number of hydrogen-bond donors (Lipinski definition) is 0. The van der Waals surface area contributed by atoms with Crippen molar-refractivity contribution in [2.75, 3.05) is 26.3 Å². The summed E-state index contributed by atoms with van der Waals surface area (Å²) in [6, 6.07) is 0. The summed E-state index contributed by atoms with van der Waals surface area (Å²) in [5, 5.41) is 1.22. The second kappa shape index (κ2) is 7.09. The first kappa shape index (κ1) is 15.9. The highest BCUT2D eigenvalue weighted by molar-refractivity contribution is 7.11. The van der Waals surface area contributed by atoms with Crippen LogP contribution in [0.4, 0.5) is 0 Å². The Morgan fingerprint density at radius 1 is 1.32 bits per heavy atom. The van der Waals surface area contributed by atoms with Gasteiger partial charge in [0.25, 0.3) is 0 Å². The van der Waals surface area contributed by atoms with Crippen molar-refractivity contribution in [1.29, 1.82) is 0 Å². The van der Waals surface area contributed by atoms with E-state index in [1.165, 1.54) is 9.88 Å². The molecule has 1 atom stereocenters. The third kappa shape index (κ3) is 3.69. The van der Waals surface area contributed by atoms with Gasteiger partial charge in [0, 0.05) is 43.5 Å². The highest BCUT2D eigenvalue weighted by Crippen LogP contribution is 2.32. The van der Waals surface area contributed by atoms with Crippen LogP contribution in [0.5, 0.6) is 0 Å². The molecule has 5 heteroatoms. The number of aryl methyl sites for hydroxylation is 2. The minimum atomic E-state index is 0.335. The molecule has 0 bridgehead atoms. The molecule has 0 aliphatic carbocycles. The van der Waals surface area contributed by atoms with Crippen molar-refractivity contribution in [3.05, 3.63) is 15.6 Å². The van der Waals surface area contributed by atoms with Gasteiger partial charge in [-0.05, 0) is 45.4 Å². The standard InChI is InChI=1S/C17H26N2O2S/c1-12-13(2)22-17(18-12)15-4-3-7-19(11-15)16(20)10-14-5-8-21-9-6-14/h14-15H,3-11H2,1-2H3/t15-/m0/s1. The van der Waals surface area contributed by atoms with Gasteiger partial charge < -0.3 is 9.64 Å². The smallest absolute Gasteiger partial charge is 0.222 e. The van der Waals surface area contributed by atoms with Crippen molar-refractivity contribution < 1.29 is 9.53 Å². The summed E-state index contributed by atoms with van der Waals surface area (Å²) < 4.78 is 5.38. The van der Waals surface area contributed by atoms with E-state index in [1.807, 2.05) is 0 Å². The average molecular weight is 322 g/mol. The Morgan fingerprint density at radius 3 is 2.77 bits per heavy atom. The van der Waals surface area contributed by atoms with Crippen LogP contribution >= 0.6 is 11.3 Å². The SMILES string of the molecule is Cc1nc([C@H]2CCCN(C(=O)CC3CCOCC3)C2)sc1C. The molecule has 0 unspecified atom stereocenters. The molecule has 3 heterocycles. The first-order valence-corrected chi connectivity index (χ1v) is 9.24. The van der Waals surface area contributed by atoms with Crippen LogP contribution < -0.4 is 0 Å². The maximum absolute atomic E-state index is 12.6. The molecule has 1 amide bonds. The van der Waals surface area contributed by atoms with Gasteiger partial charge in [-0.2, -0.15) is 0 Å². The van der Waals surface area contributed by atoms with E-state index >= 15 is 0 Å². The van der Waals surface area contributed by atoms with Crippen molar-refractivity contribution >= 4 is 17.2 Å². The van der Waals surface area contributed by atoms with E-state index in [0.29, 0.717) is 24.2 Å². The number of likely N-dealkylation sites (tertiary alicyclic amines) is 1. The predicted octanol–water partition coefficient (Wildman–Crippen LogP) is 3.28. The van der Waals surface area contributed by atoms with E-state index < -0.39 is 0 Å². The largest absolute Gasteiger partial charge is 0.381 e. The lowest BCUT2D eigenvalue weighted by molar-refractivity contribution is -0.134. The van der Waals surface area contributed by atoms with Crippen molar-refractivity contribution in [1.82, 2.24) is 9.88 Å². The van der Waals surface area contributed by atoms with Crippen LogP contribution in [0.2, 0.25) is 0 Å². The zero-order valence-electron chi connectivity index (χ0n) is 13.6. The summed E-state index contributed by atoms with van der Waals surface area (Å²) in [4.78, 5) is 20.7. The first-order valence-electron chi connectivity index (χ1n) is 8.43. The average Bonchev–Trinajstić information content (AvgIpc) is 2.88. The van der Waals surface area contributed by atoms with Crippen molar-refractivity contribution in [3.63, 3.8) is 0 Å². The topological polar surface area (TPSA) is 42.4 Å². The van der Waals surface area contributed by atoms with E-state index in [1.54, 1.807) is 11.3 Å². The molecular formula is C17H26N2O2S. The van der Waals surface area contributed by atoms with E-state index in [9.17, 15) is 4.79 Å². The van der Waals surface area contributed by atoms with Crippen LogP contribution in [0.25, 0.3) is 0 Å². The van der Waals surface area contributed by atoms with Crippen LogP contribution in [0.1, 0.15) is 53.6 Å². The zero-order valence-corrected chi connectivity index (χ0v) is 14.5. The molecular weight excluding hydrogens is 296 g/mol. The van der Waals surface area contributed by atoms with Crippen LogP contribution in [-0.2, 0) is 9.53 Å². The van der Waals surface area contributed by atoms with Gasteiger partial charge in [-0.15, -0.1) is 11.3 Å². The third-order valence-electron chi connectivity index (χ3n) is 4.97. The lowest BCUT2D eigenvalue weighted by atomic mass is 9.94. The van der Waals surface area contributed by atoms with E-state index in [-0.39, 0.29) is 0 Å². The van der Waals surface area contributed by atoms with Crippen LogP contribution in [-0.4, -0.2) is 42.1 Å². The van der Waals surface area contributed by atoms with Gasteiger partial charge in [0.15, 0.2) is 0 Å². The number of thiazole rings is 1. The molecule has 0 saturated carbocycles. The fourth-order valence-electron chi connectivity index (χ4n) is 3.40. The van der Waals surface area contributed by atoms with Crippen LogP contribution in [0, 0.1) is 19.8 Å². The monoisotopic (exact) mass is 322 g/mol. The van der Waals surface area contributed by atoms with Gasteiger partial charge in [0.2, 0.25) is 5.91 Å². The lowest BCUT2D eigenvalue weighted by Crippen LogP contribution is -2.40. The maximum atomic E-state index is 12.6. The molecule has 0 aromatic carbocycles. The van der Waals surface area contributed by atoms with E-state index in [0.717, 1.165) is 57.7 Å². The molecule has 0 radical (unpaired) electrons. The minimum absolute atomic E-state index is 0.335. The number of rotatable bonds is 3. The summed E-state index contributed by atoms with van der Waals surface area (Å²) >= 11 is 1.80. The van der Waals surface area contributed by atoms with Crippen molar-refractivity contribution in [2.45, 2.75) is 51.9 Å². The van der Waals surface area contributed by atoms with Crippen molar-refractivity contribution in [2.24, 2.45) is 5.92 Å². The lowest BCUT2D eigenvalue weighted by Gasteiger charge is -2.33.